The van der Waals surface area contributed by atoms with E-state index >= 15 is 0 Å². The Morgan fingerprint density at radius 1 is 1.14 bits per heavy atom. The number of benzene rings is 1. The summed E-state index contributed by atoms with van der Waals surface area (Å²) in [6.07, 6.45) is 0. The molecule has 2 aromatic carbocycles. The second kappa shape index (κ2) is 2.97. The molecule has 68 valence electrons. The molecular formula is C9H3BrN2O2. The fourth-order valence-corrected chi connectivity index (χ4v) is 1.71. The van der Waals surface area contributed by atoms with Gasteiger partial charge in [-0.2, -0.15) is 4.79 Å². The van der Waals surface area contributed by atoms with E-state index in [0.29, 0.717) is 4.47 Å². The maximum atomic E-state index is 11.5. The van der Waals surface area contributed by atoms with Gasteiger partial charge in [0.2, 0.25) is 0 Å². The number of nitrogens with zero attached hydrogens (tertiary/aromatic N) is 2. The number of hydrogen-bond donors (Lipinski definition) is 0. The molecule has 5 heteroatoms. The first-order chi connectivity index (χ1) is 6.65. The predicted molar refractivity (Wildman–Crippen MR) is 53.3 cm³/mol. The summed E-state index contributed by atoms with van der Waals surface area (Å²) in [6.45, 7) is 0. The largest absolute Gasteiger partial charge is 0.410 e. The second-order valence-electron chi connectivity index (χ2n) is 2.80. The van der Waals surface area contributed by atoms with Gasteiger partial charge in [-0.1, -0.05) is 15.9 Å². The Bertz CT molecular complexity index is 692. The van der Waals surface area contributed by atoms with Crippen LogP contribution in [-0.2, 0) is 0 Å². The molecule has 0 atom stereocenters. The highest BCUT2D eigenvalue weighted by molar-refractivity contribution is 9.10. The van der Waals surface area contributed by atoms with Crippen molar-refractivity contribution in [3.8, 4) is 0 Å². The van der Waals surface area contributed by atoms with Gasteiger partial charge in [0, 0.05) is 15.2 Å². The first-order valence-corrected chi connectivity index (χ1v) is 4.55. The van der Waals surface area contributed by atoms with Crippen LogP contribution < -0.4 is 16.2 Å². The van der Waals surface area contributed by atoms with E-state index in [1.54, 1.807) is 6.07 Å². The molecule has 0 unspecified atom stereocenters. The highest BCUT2D eigenvalue weighted by Crippen LogP contribution is 2.13. The summed E-state index contributed by atoms with van der Waals surface area (Å²) in [6, 6.07) is 4.72. The molecule has 4 nitrogen and oxygen atoms in total. The van der Waals surface area contributed by atoms with Crippen LogP contribution in [0.25, 0.3) is 16.3 Å². The summed E-state index contributed by atoms with van der Waals surface area (Å²) in [4.78, 5) is 25.6. The quantitative estimate of drug-likeness (QED) is 0.500. The SMILES string of the molecule is [N-]=[N+]=c1c(=O)c2ccc(Br)cc2c1=O. The Morgan fingerprint density at radius 2 is 1.79 bits per heavy atom. The molecule has 2 rings (SSSR count). The molecule has 2 aromatic rings. The van der Waals surface area contributed by atoms with Crippen LogP contribution in [0.1, 0.15) is 0 Å². The van der Waals surface area contributed by atoms with Gasteiger partial charge in [0.1, 0.15) is 0 Å². The van der Waals surface area contributed by atoms with Crippen molar-refractivity contribution in [3.05, 3.63) is 54.0 Å². The van der Waals surface area contributed by atoms with Gasteiger partial charge in [0.05, 0.1) is 0 Å². The van der Waals surface area contributed by atoms with Crippen LogP contribution >= 0.6 is 15.9 Å². The van der Waals surface area contributed by atoms with Crippen molar-refractivity contribution in [2.75, 3.05) is 0 Å². The van der Waals surface area contributed by atoms with Crippen molar-refractivity contribution >= 4 is 26.7 Å². The topological polar surface area (TPSA) is 70.5 Å². The number of fused-ring (bicyclic) bond motifs is 1. The average molecular weight is 251 g/mol. The van der Waals surface area contributed by atoms with Crippen molar-refractivity contribution in [1.82, 2.24) is 0 Å². The fraction of sp³-hybridized carbons (Fsp3) is 0. The van der Waals surface area contributed by atoms with Crippen LogP contribution in [0.4, 0.5) is 0 Å². The lowest BCUT2D eigenvalue weighted by Gasteiger charge is -1.87. The minimum absolute atomic E-state index is 0.275. The molecule has 14 heavy (non-hydrogen) atoms. The molecule has 0 aliphatic rings. The Kier molecular flexibility index (Phi) is 1.91. The third-order valence-electron chi connectivity index (χ3n) is 2.00. The summed E-state index contributed by atoms with van der Waals surface area (Å²) in [5.74, 6) is 0. The smallest absolute Gasteiger partial charge is 0.360 e. The monoisotopic (exact) mass is 250 g/mol. The van der Waals surface area contributed by atoms with E-state index in [2.05, 4.69) is 20.7 Å². The Balaban J connectivity index is 3.28. The van der Waals surface area contributed by atoms with E-state index in [4.69, 9.17) is 5.53 Å². The van der Waals surface area contributed by atoms with E-state index in [-0.39, 0.29) is 10.8 Å². The van der Waals surface area contributed by atoms with E-state index < -0.39 is 16.2 Å². The van der Waals surface area contributed by atoms with Gasteiger partial charge in [-0.3, -0.25) is 9.59 Å². The molecule has 0 N–H and O–H groups in total. The van der Waals surface area contributed by atoms with Crippen LogP contribution in [0.5, 0.6) is 0 Å². The lowest BCUT2D eigenvalue weighted by atomic mass is 10.2. The highest BCUT2D eigenvalue weighted by Gasteiger charge is 2.15. The standard InChI is InChI=1S/C9H3BrN2O2/c10-4-1-2-5-6(3-4)9(14)7(12-11)8(5)13/h1-3H. The maximum absolute atomic E-state index is 11.5. The zero-order valence-corrected chi connectivity index (χ0v) is 8.41. The molecule has 0 fully saturated rings. The molecular weight excluding hydrogens is 248 g/mol. The van der Waals surface area contributed by atoms with Gasteiger partial charge in [0.25, 0.3) is 10.9 Å². The van der Waals surface area contributed by atoms with Crippen molar-refractivity contribution in [3.63, 3.8) is 0 Å². The van der Waals surface area contributed by atoms with Crippen LogP contribution in [0.15, 0.2) is 32.3 Å². The average Bonchev–Trinajstić information content (AvgIpc) is 2.39. The van der Waals surface area contributed by atoms with Gasteiger partial charge in [0.15, 0.2) is 0 Å². The van der Waals surface area contributed by atoms with Crippen molar-refractivity contribution < 1.29 is 4.79 Å². The summed E-state index contributed by atoms with van der Waals surface area (Å²) in [7, 11) is 0. The van der Waals surface area contributed by atoms with Crippen LogP contribution in [0.3, 0.4) is 0 Å². The van der Waals surface area contributed by atoms with E-state index in [9.17, 15) is 9.59 Å². The zero-order chi connectivity index (χ0) is 10.3. The lowest BCUT2D eigenvalue weighted by Crippen LogP contribution is -2.32. The van der Waals surface area contributed by atoms with Crippen molar-refractivity contribution in [1.29, 1.82) is 0 Å². The van der Waals surface area contributed by atoms with Crippen LogP contribution in [0.2, 0.25) is 0 Å². The molecule has 0 aromatic heterocycles. The molecule has 0 saturated heterocycles. The summed E-state index contributed by atoms with van der Waals surface area (Å²) in [5.41, 5.74) is 7.42. The van der Waals surface area contributed by atoms with Crippen molar-refractivity contribution in [2.24, 2.45) is 0 Å². The lowest BCUT2D eigenvalue weighted by molar-refractivity contribution is -0.0674. The van der Waals surface area contributed by atoms with Gasteiger partial charge in [-0.15, -0.1) is 0 Å². The molecule has 0 bridgehead atoms. The van der Waals surface area contributed by atoms with Gasteiger partial charge >= 0.3 is 5.36 Å². The first kappa shape index (κ1) is 8.99. The maximum Gasteiger partial charge on any atom is 0.410 e. The first-order valence-electron chi connectivity index (χ1n) is 3.76. The zero-order valence-electron chi connectivity index (χ0n) is 6.82. The molecule has 0 heterocycles. The molecule has 0 amide bonds. The van der Waals surface area contributed by atoms with Gasteiger partial charge in [-0.25, -0.2) is 0 Å². The minimum Gasteiger partial charge on any atom is -0.360 e. The normalized spacial score (nSPS) is 10.4. The predicted octanol–water partition coefficient (Wildman–Crippen LogP) is 0.329. The number of hydrogen-bond acceptors (Lipinski definition) is 2. The summed E-state index contributed by atoms with van der Waals surface area (Å²) >= 11 is 3.19. The third-order valence-corrected chi connectivity index (χ3v) is 2.49. The molecule has 0 aliphatic heterocycles. The minimum atomic E-state index is -0.534. The molecule has 0 spiro atoms. The Morgan fingerprint density at radius 3 is 2.43 bits per heavy atom. The second-order valence-corrected chi connectivity index (χ2v) is 3.71. The Hall–Kier alpha value is -1.58. The fourth-order valence-electron chi connectivity index (χ4n) is 1.35. The Labute approximate surface area is 85.9 Å². The van der Waals surface area contributed by atoms with E-state index in [1.807, 2.05) is 0 Å². The van der Waals surface area contributed by atoms with Crippen LogP contribution in [-0.4, -0.2) is 4.79 Å². The number of rotatable bonds is 0. The van der Waals surface area contributed by atoms with E-state index in [0.717, 1.165) is 0 Å². The van der Waals surface area contributed by atoms with Crippen molar-refractivity contribution in [2.45, 2.75) is 0 Å². The summed E-state index contributed by atoms with van der Waals surface area (Å²) in [5, 5.41) is 0.140. The van der Waals surface area contributed by atoms with Gasteiger partial charge in [-0.05, 0) is 18.2 Å². The summed E-state index contributed by atoms with van der Waals surface area (Å²) < 4.78 is 0.705. The third kappa shape index (κ3) is 1.07. The van der Waals surface area contributed by atoms with E-state index in [1.165, 1.54) is 12.1 Å². The number of halogens is 1. The molecule has 0 radical (unpaired) electrons. The molecule has 0 aliphatic carbocycles. The van der Waals surface area contributed by atoms with Crippen LogP contribution in [0, 0.1) is 0 Å². The van der Waals surface area contributed by atoms with Gasteiger partial charge < -0.3 is 5.53 Å². The highest BCUT2D eigenvalue weighted by atomic mass is 79.9. The molecule has 0 saturated carbocycles.